The van der Waals surface area contributed by atoms with Crippen LogP contribution in [0.2, 0.25) is 4.34 Å². The van der Waals surface area contributed by atoms with Crippen LogP contribution in [0.5, 0.6) is 0 Å². The standard InChI is InChI=1S/C16H17ClN2O5S3/c1-11-5-7-12(8-6-11)26(21,22)14-13(17)25-15(18-14)27(23,24)16(20)19-9-3-2-4-10-19/h5-8H,2-4,9-10H2,1H3. The summed E-state index contributed by atoms with van der Waals surface area (Å²) in [4.78, 5) is 17.3. The van der Waals surface area contributed by atoms with Gasteiger partial charge < -0.3 is 4.90 Å². The predicted molar refractivity (Wildman–Crippen MR) is 102 cm³/mol. The van der Waals surface area contributed by atoms with Gasteiger partial charge in [-0.1, -0.05) is 40.6 Å². The van der Waals surface area contributed by atoms with E-state index in [2.05, 4.69) is 4.98 Å². The lowest BCUT2D eigenvalue weighted by Crippen LogP contribution is -2.39. The molecular weight excluding hydrogens is 432 g/mol. The first kappa shape index (κ1) is 20.2. The molecule has 2 heterocycles. The van der Waals surface area contributed by atoms with Crippen LogP contribution in [-0.4, -0.2) is 45.0 Å². The van der Waals surface area contributed by atoms with E-state index in [4.69, 9.17) is 11.6 Å². The van der Waals surface area contributed by atoms with Gasteiger partial charge in [0.2, 0.25) is 14.2 Å². The first-order chi connectivity index (χ1) is 12.6. The molecular formula is C16H17ClN2O5S3. The van der Waals surface area contributed by atoms with Crippen molar-refractivity contribution in [1.82, 2.24) is 9.88 Å². The summed E-state index contributed by atoms with van der Waals surface area (Å²) in [6, 6.07) is 6.02. The van der Waals surface area contributed by atoms with Crippen LogP contribution in [0.4, 0.5) is 4.79 Å². The van der Waals surface area contributed by atoms with E-state index in [0.717, 1.165) is 24.8 Å². The number of hydrogen-bond donors (Lipinski definition) is 0. The summed E-state index contributed by atoms with van der Waals surface area (Å²) in [5.74, 6) is 0. The highest BCUT2D eigenvalue weighted by Crippen LogP contribution is 2.35. The SMILES string of the molecule is Cc1ccc(S(=O)(=O)c2nc(S(=O)(=O)C(=O)N3CCCCC3)sc2Cl)cc1. The number of halogens is 1. The number of piperidine rings is 1. The van der Waals surface area contributed by atoms with Crippen molar-refractivity contribution < 1.29 is 21.6 Å². The first-order valence-corrected chi connectivity index (χ1v) is 12.3. The lowest BCUT2D eigenvalue weighted by Gasteiger charge is -2.25. The Hall–Kier alpha value is -1.49. The Morgan fingerprint density at radius 3 is 2.26 bits per heavy atom. The third-order valence-corrected chi connectivity index (χ3v) is 9.36. The van der Waals surface area contributed by atoms with E-state index in [0.29, 0.717) is 24.4 Å². The number of carbonyl (C=O) groups excluding carboxylic acids is 1. The molecule has 1 aromatic heterocycles. The lowest BCUT2D eigenvalue weighted by atomic mass is 10.1. The molecule has 0 aliphatic carbocycles. The molecule has 3 rings (SSSR count). The number of thiazole rings is 1. The second-order valence-corrected chi connectivity index (χ2v) is 11.7. The van der Waals surface area contributed by atoms with Gasteiger partial charge in [-0.3, -0.25) is 4.79 Å². The number of aryl methyl sites for hydroxylation is 1. The van der Waals surface area contributed by atoms with E-state index < -0.39 is 34.3 Å². The van der Waals surface area contributed by atoms with E-state index >= 15 is 0 Å². The molecule has 0 radical (unpaired) electrons. The van der Waals surface area contributed by atoms with Crippen molar-refractivity contribution in [3.05, 3.63) is 34.2 Å². The molecule has 7 nitrogen and oxygen atoms in total. The Morgan fingerprint density at radius 2 is 1.67 bits per heavy atom. The van der Waals surface area contributed by atoms with E-state index in [1.165, 1.54) is 17.0 Å². The molecule has 0 spiro atoms. The molecule has 1 saturated heterocycles. The molecule has 1 amide bonds. The van der Waals surface area contributed by atoms with Crippen molar-refractivity contribution in [2.24, 2.45) is 0 Å². The van der Waals surface area contributed by atoms with Gasteiger partial charge in [-0.15, -0.1) is 0 Å². The van der Waals surface area contributed by atoms with Crippen LogP contribution in [0.3, 0.4) is 0 Å². The lowest BCUT2D eigenvalue weighted by molar-refractivity contribution is 0.208. The minimum atomic E-state index is -4.44. The first-order valence-electron chi connectivity index (χ1n) is 8.16. The largest absolute Gasteiger partial charge is 0.346 e. The monoisotopic (exact) mass is 448 g/mol. The van der Waals surface area contributed by atoms with Gasteiger partial charge in [0.1, 0.15) is 4.34 Å². The average molecular weight is 449 g/mol. The zero-order valence-corrected chi connectivity index (χ0v) is 17.6. The van der Waals surface area contributed by atoms with Gasteiger partial charge in [-0.25, -0.2) is 21.8 Å². The number of benzene rings is 1. The normalized spacial score (nSPS) is 15.7. The molecule has 11 heteroatoms. The summed E-state index contributed by atoms with van der Waals surface area (Å²) < 4.78 is 49.8. The molecule has 1 aliphatic heterocycles. The summed E-state index contributed by atoms with van der Waals surface area (Å²) in [6.07, 6.45) is 2.39. The number of sulfone groups is 2. The minimum Gasteiger partial charge on any atom is -0.329 e. The number of aromatic nitrogens is 1. The van der Waals surface area contributed by atoms with Crippen LogP contribution >= 0.6 is 22.9 Å². The predicted octanol–water partition coefficient (Wildman–Crippen LogP) is 3.32. The van der Waals surface area contributed by atoms with Crippen molar-refractivity contribution in [2.45, 2.75) is 40.4 Å². The molecule has 0 saturated carbocycles. The van der Waals surface area contributed by atoms with Crippen molar-refractivity contribution in [1.29, 1.82) is 0 Å². The van der Waals surface area contributed by atoms with Crippen molar-refractivity contribution in [3.8, 4) is 0 Å². The quantitative estimate of drug-likeness (QED) is 0.713. The number of rotatable bonds is 3. The fourth-order valence-corrected chi connectivity index (χ4v) is 7.32. The highest BCUT2D eigenvalue weighted by Gasteiger charge is 2.36. The average Bonchev–Trinajstić information content (AvgIpc) is 3.05. The maximum Gasteiger partial charge on any atom is 0.346 e. The van der Waals surface area contributed by atoms with E-state index in [9.17, 15) is 21.6 Å². The highest BCUT2D eigenvalue weighted by atomic mass is 35.5. The Morgan fingerprint density at radius 1 is 1.07 bits per heavy atom. The van der Waals surface area contributed by atoms with Crippen LogP contribution < -0.4 is 0 Å². The van der Waals surface area contributed by atoms with Crippen LogP contribution in [0.1, 0.15) is 24.8 Å². The molecule has 0 unspecified atom stereocenters. The number of amides is 1. The summed E-state index contributed by atoms with van der Waals surface area (Å²) in [5, 5.41) is -1.62. The summed E-state index contributed by atoms with van der Waals surface area (Å²) >= 11 is 6.47. The molecule has 27 heavy (non-hydrogen) atoms. The van der Waals surface area contributed by atoms with Crippen LogP contribution in [0.15, 0.2) is 38.5 Å². The summed E-state index contributed by atoms with van der Waals surface area (Å²) in [7, 11) is -8.54. The van der Waals surface area contributed by atoms with E-state index in [1.54, 1.807) is 12.1 Å². The number of hydrogen-bond acceptors (Lipinski definition) is 7. The molecule has 1 aliphatic rings. The minimum absolute atomic E-state index is 0.0494. The Bertz CT molecular complexity index is 1070. The van der Waals surface area contributed by atoms with Gasteiger partial charge in [0.15, 0.2) is 5.03 Å². The van der Waals surface area contributed by atoms with Crippen molar-refractivity contribution in [2.75, 3.05) is 13.1 Å². The van der Waals surface area contributed by atoms with Crippen LogP contribution in [-0.2, 0) is 19.7 Å². The molecule has 0 N–H and O–H groups in total. The van der Waals surface area contributed by atoms with Gasteiger partial charge in [0.05, 0.1) is 4.90 Å². The zero-order valence-electron chi connectivity index (χ0n) is 14.4. The topological polar surface area (TPSA) is 101 Å². The fraction of sp³-hybridized carbons (Fsp3) is 0.375. The second-order valence-electron chi connectivity index (χ2n) is 6.19. The Labute approximate surface area is 166 Å². The van der Waals surface area contributed by atoms with Gasteiger partial charge >= 0.3 is 5.24 Å². The molecule has 0 bridgehead atoms. The number of likely N-dealkylation sites (tertiary alicyclic amines) is 1. The van der Waals surface area contributed by atoms with E-state index in [1.807, 2.05) is 6.92 Å². The molecule has 1 aromatic carbocycles. The Kier molecular flexibility index (Phi) is 5.62. The molecule has 0 atom stereocenters. The van der Waals surface area contributed by atoms with Gasteiger partial charge in [-0.2, -0.15) is 0 Å². The molecule has 146 valence electrons. The van der Waals surface area contributed by atoms with Crippen molar-refractivity contribution >= 4 is 47.9 Å². The van der Waals surface area contributed by atoms with Crippen LogP contribution in [0, 0.1) is 6.92 Å². The fourth-order valence-electron chi connectivity index (χ4n) is 2.70. The smallest absolute Gasteiger partial charge is 0.329 e. The highest BCUT2D eigenvalue weighted by molar-refractivity contribution is 8.07. The Balaban J connectivity index is 1.98. The third-order valence-electron chi connectivity index (χ3n) is 4.20. The maximum absolute atomic E-state index is 12.7. The van der Waals surface area contributed by atoms with Gasteiger partial charge in [0, 0.05) is 13.1 Å². The van der Waals surface area contributed by atoms with Gasteiger partial charge in [0.25, 0.3) is 9.84 Å². The van der Waals surface area contributed by atoms with Crippen molar-refractivity contribution in [3.63, 3.8) is 0 Å². The maximum atomic E-state index is 12.7. The molecule has 1 fully saturated rings. The number of nitrogens with zero attached hydrogens (tertiary/aromatic N) is 2. The van der Waals surface area contributed by atoms with E-state index in [-0.39, 0.29) is 9.23 Å². The zero-order chi connectivity index (χ0) is 19.8. The third kappa shape index (κ3) is 3.89. The van der Waals surface area contributed by atoms with Crippen LogP contribution in [0.25, 0.3) is 0 Å². The summed E-state index contributed by atoms with van der Waals surface area (Å²) in [6.45, 7) is 2.51. The second kappa shape index (κ2) is 7.50. The van der Waals surface area contributed by atoms with Gasteiger partial charge in [-0.05, 0) is 38.3 Å². The molecule has 2 aromatic rings. The number of carbonyl (C=O) groups is 1. The summed E-state index contributed by atoms with van der Waals surface area (Å²) in [5.41, 5.74) is 0.869.